The van der Waals surface area contributed by atoms with Crippen molar-refractivity contribution in [3.8, 4) is 6.07 Å². The lowest BCUT2D eigenvalue weighted by Gasteiger charge is -1.96. The molecule has 1 aliphatic rings. The molecule has 1 nitrogen and oxygen atoms in total. The van der Waals surface area contributed by atoms with Crippen molar-refractivity contribution in [3.05, 3.63) is 35.4 Å². The maximum Gasteiger partial charge on any atom is 0.0991 e. The van der Waals surface area contributed by atoms with Gasteiger partial charge in [0.05, 0.1) is 11.6 Å². The Bertz CT molecular complexity index is 323. The van der Waals surface area contributed by atoms with E-state index in [0.717, 1.165) is 15.4 Å². The molecule has 0 N–H and O–H groups in total. The minimum atomic E-state index is 0.748. The zero-order chi connectivity index (χ0) is 8.55. The van der Waals surface area contributed by atoms with E-state index in [9.17, 15) is 0 Å². The lowest BCUT2D eigenvalue weighted by atomic mass is 10.1. The molecule has 12 heavy (non-hydrogen) atoms. The fourth-order valence-electron chi connectivity index (χ4n) is 1.31. The van der Waals surface area contributed by atoms with Crippen LogP contribution in [0.25, 0.3) is 0 Å². The number of nitriles is 1. The molecule has 1 aromatic carbocycles. The van der Waals surface area contributed by atoms with Gasteiger partial charge in [0.15, 0.2) is 0 Å². The lowest BCUT2D eigenvalue weighted by Crippen LogP contribution is -1.81. The van der Waals surface area contributed by atoms with Crippen LogP contribution >= 0.6 is 22.6 Å². The van der Waals surface area contributed by atoms with Crippen LogP contribution in [0.3, 0.4) is 0 Å². The van der Waals surface area contributed by atoms with Crippen LogP contribution in [0.4, 0.5) is 0 Å². The summed E-state index contributed by atoms with van der Waals surface area (Å²) in [5.41, 5.74) is 2.14. The summed E-state index contributed by atoms with van der Waals surface area (Å²) in [5, 5.41) is 8.58. The Kier molecular flexibility index (Phi) is 2.05. The third-order valence-corrected chi connectivity index (χ3v) is 3.56. The van der Waals surface area contributed by atoms with Gasteiger partial charge in [0.25, 0.3) is 0 Å². The monoisotopic (exact) mass is 269 g/mol. The van der Waals surface area contributed by atoms with Crippen molar-refractivity contribution < 1.29 is 0 Å². The van der Waals surface area contributed by atoms with Crippen LogP contribution in [0.5, 0.6) is 0 Å². The summed E-state index contributed by atoms with van der Waals surface area (Å²) in [6.07, 6.45) is 1.30. The van der Waals surface area contributed by atoms with Gasteiger partial charge in [-0.1, -0.05) is 34.7 Å². The molecule has 2 atom stereocenters. The van der Waals surface area contributed by atoms with Gasteiger partial charge in [-0.3, -0.25) is 0 Å². The largest absolute Gasteiger partial charge is 0.192 e. The van der Waals surface area contributed by atoms with Crippen LogP contribution in [0, 0.1) is 11.3 Å². The van der Waals surface area contributed by atoms with Crippen molar-refractivity contribution in [2.75, 3.05) is 0 Å². The van der Waals surface area contributed by atoms with Gasteiger partial charge >= 0.3 is 0 Å². The minimum Gasteiger partial charge on any atom is -0.192 e. The van der Waals surface area contributed by atoms with Crippen molar-refractivity contribution in [2.24, 2.45) is 0 Å². The average molecular weight is 269 g/mol. The number of benzene rings is 1. The first-order valence-corrected chi connectivity index (χ1v) is 5.20. The van der Waals surface area contributed by atoms with Crippen LogP contribution in [0.15, 0.2) is 24.3 Å². The fraction of sp³-hybridized carbons (Fsp3) is 0.300. The Balaban J connectivity index is 2.21. The SMILES string of the molecule is N#Cc1ccc([C@H]2C[C@@H]2I)cc1. The van der Waals surface area contributed by atoms with Gasteiger partial charge in [-0.15, -0.1) is 0 Å². The van der Waals surface area contributed by atoms with Gasteiger partial charge in [0.1, 0.15) is 0 Å². The Morgan fingerprint density at radius 3 is 2.33 bits per heavy atom. The Labute approximate surface area is 85.5 Å². The summed E-state index contributed by atoms with van der Waals surface area (Å²) in [7, 11) is 0. The highest BCUT2D eigenvalue weighted by Gasteiger charge is 2.35. The number of rotatable bonds is 1. The van der Waals surface area contributed by atoms with E-state index in [4.69, 9.17) is 5.26 Å². The van der Waals surface area contributed by atoms with E-state index in [1.165, 1.54) is 12.0 Å². The molecule has 0 heterocycles. The summed E-state index contributed by atoms with van der Waals surface area (Å²) < 4.78 is 0.815. The van der Waals surface area contributed by atoms with Gasteiger partial charge in [-0.2, -0.15) is 5.26 Å². The highest BCUT2D eigenvalue weighted by molar-refractivity contribution is 14.1. The summed E-state index contributed by atoms with van der Waals surface area (Å²) in [4.78, 5) is 0. The molecule has 0 aromatic heterocycles. The number of halogens is 1. The molecule has 0 aliphatic heterocycles. The Morgan fingerprint density at radius 1 is 1.33 bits per heavy atom. The minimum absolute atomic E-state index is 0.748. The quantitative estimate of drug-likeness (QED) is 0.568. The van der Waals surface area contributed by atoms with Gasteiger partial charge in [-0.25, -0.2) is 0 Å². The molecule has 2 heteroatoms. The molecule has 1 aromatic rings. The zero-order valence-corrected chi connectivity index (χ0v) is 8.65. The first kappa shape index (κ1) is 8.06. The number of alkyl halides is 1. The second-order valence-electron chi connectivity index (χ2n) is 3.09. The smallest absolute Gasteiger partial charge is 0.0991 e. The van der Waals surface area contributed by atoms with Gasteiger partial charge in [0, 0.05) is 3.92 Å². The van der Waals surface area contributed by atoms with Crippen LogP contribution in [0.2, 0.25) is 0 Å². The van der Waals surface area contributed by atoms with Crippen LogP contribution in [-0.4, -0.2) is 3.92 Å². The number of nitrogens with zero attached hydrogens (tertiary/aromatic N) is 1. The lowest BCUT2D eigenvalue weighted by molar-refractivity contribution is 1.14. The first-order valence-electron chi connectivity index (χ1n) is 3.95. The van der Waals surface area contributed by atoms with Gasteiger partial charge < -0.3 is 0 Å². The van der Waals surface area contributed by atoms with E-state index in [-0.39, 0.29) is 0 Å². The predicted molar refractivity (Wildman–Crippen MR) is 56.3 cm³/mol. The molecular weight excluding hydrogens is 261 g/mol. The highest BCUT2D eigenvalue weighted by atomic mass is 127. The van der Waals surface area contributed by atoms with E-state index < -0.39 is 0 Å². The van der Waals surface area contributed by atoms with E-state index in [1.54, 1.807) is 0 Å². The molecule has 0 amide bonds. The summed E-state index contributed by atoms with van der Waals surface area (Å²) in [5.74, 6) is 0.748. The Hall–Kier alpha value is -0.560. The second kappa shape index (κ2) is 3.06. The highest BCUT2D eigenvalue weighted by Crippen LogP contribution is 2.46. The zero-order valence-electron chi connectivity index (χ0n) is 6.50. The molecule has 60 valence electrons. The van der Waals surface area contributed by atoms with E-state index >= 15 is 0 Å². The molecule has 0 radical (unpaired) electrons. The Morgan fingerprint density at radius 2 is 1.92 bits per heavy atom. The van der Waals surface area contributed by atoms with Crippen molar-refractivity contribution in [2.45, 2.75) is 16.3 Å². The summed E-state index contributed by atoms with van der Waals surface area (Å²) in [6, 6.07) is 10.1. The second-order valence-corrected chi connectivity index (χ2v) is 4.69. The standard InChI is InChI=1S/C10H8IN/c11-10-5-9(10)8-3-1-7(6-12)2-4-8/h1-4,9-10H,5H2/t9-,10+/m1/s1. The molecule has 0 bridgehead atoms. The van der Waals surface area contributed by atoms with Crippen LogP contribution in [-0.2, 0) is 0 Å². The number of hydrogen-bond acceptors (Lipinski definition) is 1. The van der Waals surface area contributed by atoms with Crippen molar-refractivity contribution in [1.82, 2.24) is 0 Å². The van der Waals surface area contributed by atoms with Crippen molar-refractivity contribution in [3.63, 3.8) is 0 Å². The van der Waals surface area contributed by atoms with Crippen LogP contribution in [0.1, 0.15) is 23.5 Å². The number of hydrogen-bond donors (Lipinski definition) is 0. The maximum atomic E-state index is 8.58. The van der Waals surface area contributed by atoms with Gasteiger partial charge in [-0.05, 0) is 30.0 Å². The average Bonchev–Trinajstić information content (AvgIpc) is 2.83. The van der Waals surface area contributed by atoms with E-state index in [2.05, 4.69) is 40.8 Å². The maximum absolute atomic E-state index is 8.58. The summed E-state index contributed by atoms with van der Waals surface area (Å²) in [6.45, 7) is 0. The van der Waals surface area contributed by atoms with Crippen molar-refractivity contribution in [1.29, 1.82) is 5.26 Å². The normalized spacial score (nSPS) is 26.3. The molecule has 1 fully saturated rings. The molecule has 1 saturated carbocycles. The molecular formula is C10H8IN. The predicted octanol–water partition coefficient (Wildman–Crippen LogP) is 2.85. The molecule has 1 aliphatic carbocycles. The fourth-order valence-corrected chi connectivity index (χ4v) is 2.28. The molecule has 2 rings (SSSR count). The first-order chi connectivity index (χ1) is 5.81. The van der Waals surface area contributed by atoms with E-state index in [0.29, 0.717) is 0 Å². The van der Waals surface area contributed by atoms with E-state index in [1.807, 2.05) is 12.1 Å². The molecule has 0 spiro atoms. The van der Waals surface area contributed by atoms with Gasteiger partial charge in [0.2, 0.25) is 0 Å². The van der Waals surface area contributed by atoms with Crippen LogP contribution < -0.4 is 0 Å². The third kappa shape index (κ3) is 1.46. The van der Waals surface area contributed by atoms with Crippen molar-refractivity contribution >= 4 is 22.6 Å². The molecule has 0 saturated heterocycles. The topological polar surface area (TPSA) is 23.8 Å². The molecule has 0 unspecified atom stereocenters. The summed E-state index contributed by atoms with van der Waals surface area (Å²) >= 11 is 2.47. The third-order valence-electron chi connectivity index (χ3n) is 2.18.